The molecule has 1 rings (SSSR count). The molecule has 0 bridgehead atoms. The standard InChI is InChI=1S/C10H21NO/c1-10(2,3)11-6-4-9(8-12)5-7-11/h9,12H,4-8H2,1-3H3. The van der Waals surface area contributed by atoms with Crippen molar-refractivity contribution in [3.05, 3.63) is 0 Å². The average Bonchev–Trinajstić information content (AvgIpc) is 2.03. The topological polar surface area (TPSA) is 23.5 Å². The molecule has 2 heteroatoms. The molecule has 0 radical (unpaired) electrons. The highest BCUT2D eigenvalue weighted by Crippen LogP contribution is 2.22. The van der Waals surface area contributed by atoms with Crippen molar-refractivity contribution < 1.29 is 5.11 Å². The molecule has 0 aromatic rings. The van der Waals surface area contributed by atoms with E-state index in [0.717, 1.165) is 25.9 Å². The molecule has 0 aromatic heterocycles. The summed E-state index contributed by atoms with van der Waals surface area (Å²) in [7, 11) is 0. The van der Waals surface area contributed by atoms with Crippen LogP contribution in [0.5, 0.6) is 0 Å². The monoisotopic (exact) mass is 171 g/mol. The summed E-state index contributed by atoms with van der Waals surface area (Å²) in [6.07, 6.45) is 2.32. The number of nitrogens with zero attached hydrogens (tertiary/aromatic N) is 1. The van der Waals surface area contributed by atoms with Crippen LogP contribution in [0.3, 0.4) is 0 Å². The molecule has 1 fully saturated rings. The van der Waals surface area contributed by atoms with E-state index in [2.05, 4.69) is 25.7 Å². The maximum atomic E-state index is 8.96. The van der Waals surface area contributed by atoms with E-state index in [9.17, 15) is 0 Å². The molecule has 1 aliphatic rings. The first-order valence-corrected chi connectivity index (χ1v) is 4.90. The van der Waals surface area contributed by atoms with E-state index in [4.69, 9.17) is 5.11 Å². The van der Waals surface area contributed by atoms with Crippen LogP contribution >= 0.6 is 0 Å². The third-order valence-corrected chi connectivity index (χ3v) is 2.82. The Balaban J connectivity index is 2.36. The van der Waals surface area contributed by atoms with Crippen LogP contribution in [0.15, 0.2) is 0 Å². The molecule has 0 aromatic carbocycles. The minimum atomic E-state index is 0.306. The molecule has 0 aliphatic carbocycles. The summed E-state index contributed by atoms with van der Waals surface area (Å²) in [6.45, 7) is 9.44. The fourth-order valence-electron chi connectivity index (χ4n) is 1.79. The average molecular weight is 171 g/mol. The van der Waals surface area contributed by atoms with E-state index in [1.165, 1.54) is 0 Å². The van der Waals surface area contributed by atoms with Gasteiger partial charge in [0.25, 0.3) is 0 Å². The van der Waals surface area contributed by atoms with E-state index in [1.54, 1.807) is 0 Å². The van der Waals surface area contributed by atoms with E-state index < -0.39 is 0 Å². The molecule has 1 N–H and O–H groups in total. The highest BCUT2D eigenvalue weighted by Gasteiger charge is 2.26. The Labute approximate surface area is 75.6 Å². The molecule has 1 saturated heterocycles. The van der Waals surface area contributed by atoms with Crippen LogP contribution in [0.1, 0.15) is 33.6 Å². The zero-order valence-electron chi connectivity index (χ0n) is 8.51. The lowest BCUT2D eigenvalue weighted by Gasteiger charge is -2.40. The maximum absolute atomic E-state index is 8.96. The van der Waals surface area contributed by atoms with Crippen LogP contribution in [-0.2, 0) is 0 Å². The summed E-state index contributed by atoms with van der Waals surface area (Å²) >= 11 is 0. The van der Waals surface area contributed by atoms with Crippen LogP contribution in [0.2, 0.25) is 0 Å². The van der Waals surface area contributed by atoms with E-state index in [0.29, 0.717) is 18.1 Å². The molecule has 0 atom stereocenters. The van der Waals surface area contributed by atoms with Crippen molar-refractivity contribution in [2.75, 3.05) is 19.7 Å². The highest BCUT2D eigenvalue weighted by molar-refractivity contribution is 4.81. The van der Waals surface area contributed by atoms with Gasteiger partial charge in [0.1, 0.15) is 0 Å². The lowest BCUT2D eigenvalue weighted by atomic mass is 9.94. The summed E-state index contributed by atoms with van der Waals surface area (Å²) in [5.74, 6) is 0.559. The quantitative estimate of drug-likeness (QED) is 0.646. The van der Waals surface area contributed by atoms with Gasteiger partial charge in [-0.2, -0.15) is 0 Å². The van der Waals surface area contributed by atoms with Crippen molar-refractivity contribution in [1.29, 1.82) is 0 Å². The fraction of sp³-hybridized carbons (Fsp3) is 1.00. The zero-order chi connectivity index (χ0) is 9.19. The Bertz CT molecular complexity index is 131. The molecular formula is C10H21NO. The van der Waals surface area contributed by atoms with Gasteiger partial charge in [-0.3, -0.25) is 4.90 Å². The molecule has 0 unspecified atom stereocenters. The maximum Gasteiger partial charge on any atom is 0.0460 e. The van der Waals surface area contributed by atoms with Crippen molar-refractivity contribution in [3.8, 4) is 0 Å². The summed E-state index contributed by atoms with van der Waals surface area (Å²) < 4.78 is 0. The smallest absolute Gasteiger partial charge is 0.0460 e. The molecule has 0 saturated carbocycles. The molecule has 2 nitrogen and oxygen atoms in total. The van der Waals surface area contributed by atoms with E-state index in [1.807, 2.05) is 0 Å². The molecule has 0 amide bonds. The second-order valence-electron chi connectivity index (χ2n) is 4.78. The molecule has 0 spiro atoms. The number of aliphatic hydroxyl groups is 1. The zero-order valence-corrected chi connectivity index (χ0v) is 8.51. The first-order chi connectivity index (χ1) is 5.54. The number of rotatable bonds is 1. The predicted molar refractivity (Wildman–Crippen MR) is 51.1 cm³/mol. The molecule has 12 heavy (non-hydrogen) atoms. The first kappa shape index (κ1) is 10.0. The second kappa shape index (κ2) is 3.75. The van der Waals surface area contributed by atoms with Crippen molar-refractivity contribution in [3.63, 3.8) is 0 Å². The lowest BCUT2D eigenvalue weighted by Crippen LogP contribution is -2.46. The minimum absolute atomic E-state index is 0.306. The van der Waals surface area contributed by atoms with Gasteiger partial charge in [-0.1, -0.05) is 0 Å². The summed E-state index contributed by atoms with van der Waals surface area (Å²) in [4.78, 5) is 2.50. The van der Waals surface area contributed by atoms with Gasteiger partial charge in [-0.25, -0.2) is 0 Å². The molecule has 72 valence electrons. The summed E-state index contributed by atoms with van der Waals surface area (Å²) in [5.41, 5.74) is 0.306. The summed E-state index contributed by atoms with van der Waals surface area (Å²) in [5, 5.41) is 8.96. The van der Waals surface area contributed by atoms with Crippen molar-refractivity contribution in [1.82, 2.24) is 4.90 Å². The Morgan fingerprint density at radius 3 is 2.08 bits per heavy atom. The molecular weight excluding hydrogens is 150 g/mol. The van der Waals surface area contributed by atoms with Crippen LogP contribution in [-0.4, -0.2) is 35.2 Å². The van der Waals surface area contributed by atoms with Gasteiger partial charge >= 0.3 is 0 Å². The Morgan fingerprint density at radius 2 is 1.75 bits per heavy atom. The van der Waals surface area contributed by atoms with Crippen LogP contribution in [0, 0.1) is 5.92 Å². The first-order valence-electron chi connectivity index (χ1n) is 4.90. The largest absolute Gasteiger partial charge is 0.396 e. The minimum Gasteiger partial charge on any atom is -0.396 e. The third-order valence-electron chi connectivity index (χ3n) is 2.82. The van der Waals surface area contributed by atoms with E-state index in [-0.39, 0.29) is 0 Å². The number of hydrogen-bond acceptors (Lipinski definition) is 2. The van der Waals surface area contributed by atoms with Gasteiger partial charge in [0.15, 0.2) is 0 Å². The van der Waals surface area contributed by atoms with Crippen molar-refractivity contribution in [2.45, 2.75) is 39.2 Å². The highest BCUT2D eigenvalue weighted by atomic mass is 16.3. The van der Waals surface area contributed by atoms with Gasteiger partial charge in [-0.05, 0) is 52.6 Å². The van der Waals surface area contributed by atoms with Crippen LogP contribution in [0.25, 0.3) is 0 Å². The molecule has 1 heterocycles. The third kappa shape index (κ3) is 2.46. The number of piperidine rings is 1. The number of hydrogen-bond donors (Lipinski definition) is 1. The second-order valence-corrected chi connectivity index (χ2v) is 4.78. The van der Waals surface area contributed by atoms with Gasteiger partial charge in [-0.15, -0.1) is 0 Å². The normalized spacial score (nSPS) is 23.0. The number of aliphatic hydroxyl groups excluding tert-OH is 1. The van der Waals surface area contributed by atoms with Crippen molar-refractivity contribution in [2.24, 2.45) is 5.92 Å². The Kier molecular flexibility index (Phi) is 3.13. The lowest BCUT2D eigenvalue weighted by molar-refractivity contribution is 0.0679. The van der Waals surface area contributed by atoms with Gasteiger partial charge < -0.3 is 5.11 Å². The molecule has 1 aliphatic heterocycles. The predicted octanol–water partition coefficient (Wildman–Crippen LogP) is 1.49. The van der Waals surface area contributed by atoms with Crippen molar-refractivity contribution >= 4 is 0 Å². The SMILES string of the molecule is CC(C)(C)N1CCC(CO)CC1. The van der Waals surface area contributed by atoms with Crippen LogP contribution < -0.4 is 0 Å². The summed E-state index contributed by atoms with van der Waals surface area (Å²) in [6, 6.07) is 0. The number of likely N-dealkylation sites (tertiary alicyclic amines) is 1. The van der Waals surface area contributed by atoms with Gasteiger partial charge in [0.2, 0.25) is 0 Å². The Morgan fingerprint density at radius 1 is 1.25 bits per heavy atom. The fourth-order valence-corrected chi connectivity index (χ4v) is 1.79. The van der Waals surface area contributed by atoms with Crippen LogP contribution in [0.4, 0.5) is 0 Å². The van der Waals surface area contributed by atoms with Gasteiger partial charge in [0, 0.05) is 12.1 Å². The Hall–Kier alpha value is -0.0800. The van der Waals surface area contributed by atoms with E-state index >= 15 is 0 Å². The van der Waals surface area contributed by atoms with Gasteiger partial charge in [0.05, 0.1) is 0 Å².